The summed E-state index contributed by atoms with van der Waals surface area (Å²) < 4.78 is 36.9. The molecule has 0 saturated carbocycles. The van der Waals surface area contributed by atoms with Crippen molar-refractivity contribution < 1.29 is 18.3 Å². The summed E-state index contributed by atoms with van der Waals surface area (Å²) >= 11 is 0. The summed E-state index contributed by atoms with van der Waals surface area (Å²) in [5.41, 5.74) is -1.16. The molecule has 0 spiro atoms. The molecule has 0 aliphatic carbocycles. The van der Waals surface area contributed by atoms with Gasteiger partial charge in [0.25, 0.3) is 0 Å². The summed E-state index contributed by atoms with van der Waals surface area (Å²) in [4.78, 5) is 1.81. The highest BCUT2D eigenvalue weighted by Gasteiger charge is 2.30. The van der Waals surface area contributed by atoms with Crippen molar-refractivity contribution in [1.29, 1.82) is 0 Å². The van der Waals surface area contributed by atoms with Crippen molar-refractivity contribution >= 4 is 0 Å². The van der Waals surface area contributed by atoms with Gasteiger partial charge in [-0.2, -0.15) is 0 Å². The molecule has 22 heavy (non-hydrogen) atoms. The third-order valence-electron chi connectivity index (χ3n) is 3.30. The number of para-hydroxylation sites is 1. The molecule has 1 aliphatic heterocycles. The van der Waals surface area contributed by atoms with Crippen LogP contribution in [0.3, 0.4) is 0 Å². The largest absolute Gasteiger partial charge is 0.467 e. The van der Waals surface area contributed by atoms with Crippen LogP contribution in [-0.4, -0.2) is 30.9 Å². The SMILES string of the molecule is CC(C)(COCN1C=CC=CC1Oc1ccccc1)C(F)F. The second-order valence-electron chi connectivity index (χ2n) is 5.83. The van der Waals surface area contributed by atoms with Crippen molar-refractivity contribution in [2.24, 2.45) is 5.41 Å². The lowest BCUT2D eigenvalue weighted by Crippen LogP contribution is -2.38. The van der Waals surface area contributed by atoms with Gasteiger partial charge in [0.2, 0.25) is 6.43 Å². The lowest BCUT2D eigenvalue weighted by atomic mass is 9.96. The zero-order valence-electron chi connectivity index (χ0n) is 12.8. The van der Waals surface area contributed by atoms with Crippen molar-refractivity contribution in [2.75, 3.05) is 13.3 Å². The number of rotatable bonds is 7. The van der Waals surface area contributed by atoms with Gasteiger partial charge in [-0.25, -0.2) is 8.78 Å². The molecule has 2 rings (SSSR count). The first kappa shape index (κ1) is 16.5. The Hall–Kier alpha value is -1.88. The monoisotopic (exact) mass is 309 g/mol. The molecule has 0 fully saturated rings. The predicted octanol–water partition coefficient (Wildman–Crippen LogP) is 4.04. The highest BCUT2D eigenvalue weighted by atomic mass is 19.3. The normalized spacial score (nSPS) is 18.0. The van der Waals surface area contributed by atoms with E-state index < -0.39 is 11.8 Å². The van der Waals surface area contributed by atoms with Gasteiger partial charge < -0.3 is 14.4 Å². The number of ether oxygens (including phenoxy) is 2. The van der Waals surface area contributed by atoms with Crippen molar-refractivity contribution in [3.63, 3.8) is 0 Å². The van der Waals surface area contributed by atoms with E-state index in [1.165, 1.54) is 13.8 Å². The smallest absolute Gasteiger partial charge is 0.245 e. The van der Waals surface area contributed by atoms with E-state index in [1.807, 2.05) is 59.7 Å². The topological polar surface area (TPSA) is 21.7 Å². The van der Waals surface area contributed by atoms with Crippen LogP contribution < -0.4 is 4.74 Å². The molecule has 5 heteroatoms. The number of allylic oxidation sites excluding steroid dienone is 2. The summed E-state index contributed by atoms with van der Waals surface area (Å²) in [6.07, 6.45) is 4.71. The van der Waals surface area contributed by atoms with E-state index in [0.717, 1.165) is 5.75 Å². The van der Waals surface area contributed by atoms with Crippen molar-refractivity contribution in [3.8, 4) is 5.75 Å². The Kier molecular flexibility index (Phi) is 5.55. The van der Waals surface area contributed by atoms with Crippen LogP contribution in [0.4, 0.5) is 8.78 Å². The quantitative estimate of drug-likeness (QED) is 0.758. The summed E-state index contributed by atoms with van der Waals surface area (Å²) in [6, 6.07) is 9.43. The number of halogens is 2. The van der Waals surface area contributed by atoms with Gasteiger partial charge in [-0.3, -0.25) is 0 Å². The molecule has 0 radical (unpaired) electrons. The molecule has 3 nitrogen and oxygen atoms in total. The summed E-state index contributed by atoms with van der Waals surface area (Å²) in [6.45, 7) is 3.15. The minimum absolute atomic E-state index is 0.0171. The van der Waals surface area contributed by atoms with Crippen molar-refractivity contribution in [2.45, 2.75) is 26.5 Å². The first-order valence-electron chi connectivity index (χ1n) is 7.17. The van der Waals surface area contributed by atoms with E-state index in [-0.39, 0.29) is 19.6 Å². The van der Waals surface area contributed by atoms with Crippen LogP contribution in [0.1, 0.15) is 13.8 Å². The first-order chi connectivity index (χ1) is 10.5. The van der Waals surface area contributed by atoms with Gasteiger partial charge in [-0.05, 0) is 24.3 Å². The summed E-state index contributed by atoms with van der Waals surface area (Å²) in [5.74, 6) is 0.741. The lowest BCUT2D eigenvalue weighted by Gasteiger charge is -2.31. The fourth-order valence-electron chi connectivity index (χ4n) is 1.85. The number of alkyl halides is 2. The molecule has 1 aliphatic rings. The third kappa shape index (κ3) is 4.56. The van der Waals surface area contributed by atoms with Crippen LogP contribution in [0.15, 0.2) is 54.8 Å². The maximum atomic E-state index is 12.8. The standard InChI is InChI=1S/C17H21F2NO2/c1-17(2,16(18)19)12-21-13-20-11-7-6-10-15(20)22-14-8-4-3-5-9-14/h3-11,15-16H,12-13H2,1-2H3. The van der Waals surface area contributed by atoms with Gasteiger partial charge in [0.15, 0.2) is 6.23 Å². The zero-order valence-corrected chi connectivity index (χ0v) is 12.8. The molecule has 0 saturated heterocycles. The Morgan fingerprint density at radius 2 is 1.91 bits per heavy atom. The van der Waals surface area contributed by atoms with Crippen LogP contribution in [0.25, 0.3) is 0 Å². The van der Waals surface area contributed by atoms with E-state index in [1.54, 1.807) is 0 Å². The zero-order chi connectivity index (χ0) is 16.0. The molecule has 0 bridgehead atoms. The fraction of sp³-hybridized carbons (Fsp3) is 0.412. The van der Waals surface area contributed by atoms with E-state index in [4.69, 9.17) is 9.47 Å². The van der Waals surface area contributed by atoms with Gasteiger partial charge in [0, 0.05) is 11.6 Å². The number of hydrogen-bond donors (Lipinski definition) is 0. The highest BCUT2D eigenvalue weighted by molar-refractivity contribution is 5.23. The number of benzene rings is 1. The molecule has 1 atom stereocenters. The molecule has 0 aromatic heterocycles. The summed E-state index contributed by atoms with van der Waals surface area (Å²) in [5, 5.41) is 0. The molecule has 1 aromatic carbocycles. The second-order valence-corrected chi connectivity index (χ2v) is 5.83. The Morgan fingerprint density at radius 1 is 1.18 bits per heavy atom. The van der Waals surface area contributed by atoms with E-state index in [9.17, 15) is 8.78 Å². The fourth-order valence-corrected chi connectivity index (χ4v) is 1.85. The molecular formula is C17H21F2NO2. The Balaban J connectivity index is 1.88. The molecule has 1 heterocycles. The minimum atomic E-state index is -2.42. The van der Waals surface area contributed by atoms with Gasteiger partial charge in [-0.15, -0.1) is 0 Å². The summed E-state index contributed by atoms with van der Waals surface area (Å²) in [7, 11) is 0. The number of nitrogens with zero attached hydrogens (tertiary/aromatic N) is 1. The average Bonchev–Trinajstić information content (AvgIpc) is 2.50. The predicted molar refractivity (Wildman–Crippen MR) is 81.6 cm³/mol. The average molecular weight is 309 g/mol. The van der Waals surface area contributed by atoms with Gasteiger partial charge in [-0.1, -0.05) is 38.1 Å². The van der Waals surface area contributed by atoms with Crippen LogP contribution >= 0.6 is 0 Å². The molecule has 0 amide bonds. The van der Waals surface area contributed by atoms with Gasteiger partial charge >= 0.3 is 0 Å². The lowest BCUT2D eigenvalue weighted by molar-refractivity contribution is -0.0781. The Bertz CT molecular complexity index is 515. The minimum Gasteiger partial charge on any atom is -0.467 e. The van der Waals surface area contributed by atoms with Crippen LogP contribution in [-0.2, 0) is 4.74 Å². The van der Waals surface area contributed by atoms with E-state index in [0.29, 0.717) is 0 Å². The van der Waals surface area contributed by atoms with Gasteiger partial charge in [0.1, 0.15) is 12.5 Å². The number of hydrogen-bond acceptors (Lipinski definition) is 3. The Morgan fingerprint density at radius 3 is 2.59 bits per heavy atom. The van der Waals surface area contributed by atoms with Crippen LogP contribution in [0.2, 0.25) is 0 Å². The molecular weight excluding hydrogens is 288 g/mol. The first-order valence-corrected chi connectivity index (χ1v) is 7.17. The third-order valence-corrected chi connectivity index (χ3v) is 3.30. The molecule has 1 aromatic rings. The van der Waals surface area contributed by atoms with Crippen molar-refractivity contribution in [1.82, 2.24) is 4.90 Å². The van der Waals surface area contributed by atoms with Crippen LogP contribution in [0, 0.1) is 5.41 Å². The van der Waals surface area contributed by atoms with Gasteiger partial charge in [0.05, 0.1) is 6.61 Å². The van der Waals surface area contributed by atoms with E-state index >= 15 is 0 Å². The second kappa shape index (κ2) is 7.40. The molecule has 120 valence electrons. The van der Waals surface area contributed by atoms with Crippen molar-refractivity contribution in [3.05, 3.63) is 54.8 Å². The van der Waals surface area contributed by atoms with E-state index in [2.05, 4.69) is 0 Å². The maximum Gasteiger partial charge on any atom is 0.245 e. The molecule has 1 unspecified atom stereocenters. The maximum absolute atomic E-state index is 12.8. The molecule has 0 N–H and O–H groups in total. The Labute approximate surface area is 129 Å². The highest BCUT2D eigenvalue weighted by Crippen LogP contribution is 2.25. The van der Waals surface area contributed by atoms with Crippen LogP contribution in [0.5, 0.6) is 5.75 Å².